The third kappa shape index (κ3) is 5.01. The lowest BCUT2D eigenvalue weighted by atomic mass is 9.92. The monoisotopic (exact) mass is 502 g/mol. The largest absolute Gasteiger partial charge is 0.484 e. The molecule has 0 bridgehead atoms. The second kappa shape index (κ2) is 9.50. The Morgan fingerprint density at radius 1 is 1.14 bits per heavy atom. The highest BCUT2D eigenvalue weighted by Crippen LogP contribution is 2.45. The Balaban J connectivity index is 1.49. The van der Waals surface area contributed by atoms with Gasteiger partial charge in [-0.25, -0.2) is 9.07 Å². The number of aryl methyl sites for hydroxylation is 1. The van der Waals surface area contributed by atoms with Crippen LogP contribution in [0.2, 0.25) is 0 Å². The van der Waals surface area contributed by atoms with Gasteiger partial charge in [0, 0.05) is 30.1 Å². The minimum absolute atomic E-state index is 0.00481. The van der Waals surface area contributed by atoms with Crippen LogP contribution in [0.1, 0.15) is 45.3 Å². The number of pyridine rings is 1. The molecule has 2 aromatic heterocycles. The van der Waals surface area contributed by atoms with E-state index in [4.69, 9.17) is 4.74 Å². The number of nitrogens with zero attached hydrogens (tertiary/aromatic N) is 3. The smallest absolute Gasteiger partial charge is 0.250 e. The molecule has 0 spiro atoms. The molecule has 2 aromatic carbocycles. The van der Waals surface area contributed by atoms with Gasteiger partial charge in [-0.05, 0) is 60.7 Å². The van der Waals surface area contributed by atoms with Crippen molar-refractivity contribution < 1.29 is 13.9 Å². The van der Waals surface area contributed by atoms with E-state index in [9.17, 15) is 14.0 Å². The van der Waals surface area contributed by atoms with Crippen LogP contribution in [0.4, 0.5) is 4.39 Å². The van der Waals surface area contributed by atoms with Gasteiger partial charge < -0.3 is 14.6 Å². The van der Waals surface area contributed by atoms with E-state index in [0.29, 0.717) is 11.3 Å². The fourth-order valence-corrected chi connectivity index (χ4v) is 4.51. The molecule has 0 radical (unpaired) electrons. The first kappa shape index (κ1) is 24.7. The highest BCUT2D eigenvalue weighted by Gasteiger charge is 2.46. The van der Waals surface area contributed by atoms with Gasteiger partial charge in [0.2, 0.25) is 11.5 Å². The van der Waals surface area contributed by atoms with Crippen LogP contribution in [0.25, 0.3) is 16.6 Å². The van der Waals surface area contributed by atoms with E-state index in [1.54, 1.807) is 36.3 Å². The van der Waals surface area contributed by atoms with E-state index >= 15 is 0 Å². The van der Waals surface area contributed by atoms with Crippen molar-refractivity contribution >= 4 is 16.8 Å². The second-order valence-electron chi connectivity index (χ2n) is 10.5. The third-order valence-corrected chi connectivity index (χ3v) is 7.18. The normalized spacial score (nSPS) is 15.9. The molecule has 1 saturated carbocycles. The summed E-state index contributed by atoms with van der Waals surface area (Å²) in [5.41, 5.74) is 1.83. The van der Waals surface area contributed by atoms with Gasteiger partial charge >= 0.3 is 0 Å². The van der Waals surface area contributed by atoms with Crippen molar-refractivity contribution in [3.8, 4) is 11.4 Å². The van der Waals surface area contributed by atoms with Gasteiger partial charge in [0.1, 0.15) is 17.7 Å². The molecule has 0 saturated heterocycles. The van der Waals surface area contributed by atoms with Gasteiger partial charge in [0.05, 0.1) is 23.4 Å². The summed E-state index contributed by atoms with van der Waals surface area (Å²) in [6.07, 6.45) is 4.60. The van der Waals surface area contributed by atoms with Crippen molar-refractivity contribution in [2.75, 3.05) is 0 Å². The maximum absolute atomic E-state index is 14.2. The van der Waals surface area contributed by atoms with Crippen molar-refractivity contribution in [3.63, 3.8) is 0 Å². The van der Waals surface area contributed by atoms with E-state index in [0.717, 1.165) is 29.4 Å². The van der Waals surface area contributed by atoms with Crippen molar-refractivity contribution in [2.45, 2.75) is 45.8 Å². The molecule has 37 heavy (non-hydrogen) atoms. The predicted molar refractivity (Wildman–Crippen MR) is 140 cm³/mol. The Kier molecular flexibility index (Phi) is 6.35. The number of hydrogen-bond acceptors (Lipinski definition) is 4. The zero-order valence-electron chi connectivity index (χ0n) is 21.4. The molecule has 1 fully saturated rings. The fourth-order valence-electron chi connectivity index (χ4n) is 4.51. The van der Waals surface area contributed by atoms with Crippen LogP contribution in [0.15, 0.2) is 71.8 Å². The van der Waals surface area contributed by atoms with Crippen molar-refractivity contribution in [1.82, 2.24) is 19.7 Å². The maximum atomic E-state index is 14.2. The molecule has 2 heterocycles. The number of carbonyl (C=O) groups excluding carboxylic acids is 1. The number of nitrogens with one attached hydrogen (secondary N) is 1. The topological polar surface area (TPSA) is 78.2 Å². The summed E-state index contributed by atoms with van der Waals surface area (Å²) < 4.78 is 24.0. The van der Waals surface area contributed by atoms with Crippen LogP contribution >= 0.6 is 0 Å². The highest BCUT2D eigenvalue weighted by atomic mass is 19.1. The molecule has 5 rings (SSSR count). The number of hydrogen-bond donors (Lipinski definition) is 1. The Labute approximate surface area is 214 Å². The number of fused-ring (bicyclic) bond motifs is 1. The minimum Gasteiger partial charge on any atom is -0.484 e. The van der Waals surface area contributed by atoms with E-state index in [1.807, 2.05) is 45.0 Å². The maximum Gasteiger partial charge on any atom is 0.250 e. The molecular weight excluding hydrogens is 471 g/mol. The molecular formula is C29H31FN4O3. The zero-order chi connectivity index (χ0) is 26.3. The first-order valence-electron chi connectivity index (χ1n) is 12.5. The first-order valence-corrected chi connectivity index (χ1v) is 12.5. The molecule has 1 aliphatic rings. The Hall–Kier alpha value is -3.94. The number of carbonyl (C=O) groups is 1. The van der Waals surface area contributed by atoms with Crippen LogP contribution in [0.3, 0.4) is 0 Å². The molecule has 1 N–H and O–H groups in total. The van der Waals surface area contributed by atoms with Crippen LogP contribution in [0.5, 0.6) is 5.75 Å². The van der Waals surface area contributed by atoms with Gasteiger partial charge in [-0.15, -0.1) is 0 Å². The standard InChI is InChI=1S/C29H31FN4O3/c1-18(2)26(32-28(36)29(3)12-13-29)27(19-6-5-7-21(30)14-19)37-23-9-10-24-20(15-23)16-31-34(24)22-8-11-25(35)33(4)17-22/h5-11,14-18,26-27H,12-13H2,1-4H3,(H,32,36)/t26-,27+/m0/s1. The van der Waals surface area contributed by atoms with E-state index in [1.165, 1.54) is 22.8 Å². The average molecular weight is 503 g/mol. The minimum atomic E-state index is -0.599. The van der Waals surface area contributed by atoms with Gasteiger partial charge in [-0.2, -0.15) is 5.10 Å². The van der Waals surface area contributed by atoms with Crippen LogP contribution in [0, 0.1) is 17.2 Å². The lowest BCUT2D eigenvalue weighted by molar-refractivity contribution is -0.127. The Bertz CT molecular complexity index is 1520. The predicted octanol–water partition coefficient (Wildman–Crippen LogP) is 4.92. The number of rotatable bonds is 8. The summed E-state index contributed by atoms with van der Waals surface area (Å²) in [7, 11) is 1.70. The number of benzene rings is 2. The number of aromatic nitrogens is 3. The van der Waals surface area contributed by atoms with Gasteiger partial charge in [0.15, 0.2) is 0 Å². The SMILES string of the molecule is CC(C)[C@H](NC(=O)C1(C)CC1)[C@H](Oc1ccc2c(cnn2-c2ccc(=O)n(C)c2)c1)c1cccc(F)c1. The number of ether oxygens (including phenoxy) is 1. The summed E-state index contributed by atoms with van der Waals surface area (Å²) in [5, 5.41) is 8.55. The van der Waals surface area contributed by atoms with E-state index in [-0.39, 0.29) is 34.7 Å². The van der Waals surface area contributed by atoms with Gasteiger partial charge in [-0.1, -0.05) is 32.9 Å². The molecule has 0 aliphatic heterocycles. The zero-order valence-corrected chi connectivity index (χ0v) is 21.4. The lowest BCUT2D eigenvalue weighted by Gasteiger charge is -2.33. The lowest BCUT2D eigenvalue weighted by Crippen LogP contribution is -2.47. The van der Waals surface area contributed by atoms with Crippen LogP contribution in [-0.2, 0) is 11.8 Å². The summed E-state index contributed by atoms with van der Waals surface area (Å²) in [6, 6.07) is 14.8. The molecule has 4 aromatic rings. The average Bonchev–Trinajstić information content (AvgIpc) is 3.48. The highest BCUT2D eigenvalue weighted by molar-refractivity contribution is 5.85. The van der Waals surface area contributed by atoms with Crippen molar-refractivity contribution in [3.05, 3.63) is 88.7 Å². The van der Waals surface area contributed by atoms with Crippen molar-refractivity contribution in [2.24, 2.45) is 18.4 Å². The quantitative estimate of drug-likeness (QED) is 0.371. The Morgan fingerprint density at radius 2 is 1.92 bits per heavy atom. The molecule has 8 heteroatoms. The molecule has 7 nitrogen and oxygen atoms in total. The summed E-state index contributed by atoms with van der Waals surface area (Å²) >= 11 is 0. The first-order chi connectivity index (χ1) is 17.6. The van der Waals surface area contributed by atoms with Crippen molar-refractivity contribution in [1.29, 1.82) is 0 Å². The van der Waals surface area contributed by atoms with Gasteiger partial charge in [-0.3, -0.25) is 9.59 Å². The van der Waals surface area contributed by atoms with Crippen LogP contribution < -0.4 is 15.6 Å². The molecule has 1 aliphatic carbocycles. The van der Waals surface area contributed by atoms with E-state index in [2.05, 4.69) is 10.4 Å². The summed E-state index contributed by atoms with van der Waals surface area (Å²) in [6.45, 7) is 6.01. The third-order valence-electron chi connectivity index (χ3n) is 7.18. The number of halogens is 1. The molecule has 1 amide bonds. The fraction of sp³-hybridized carbons (Fsp3) is 0.345. The molecule has 2 atom stereocenters. The molecule has 192 valence electrons. The number of amides is 1. The molecule has 0 unspecified atom stereocenters. The summed E-state index contributed by atoms with van der Waals surface area (Å²) in [4.78, 5) is 24.8. The second-order valence-corrected chi connectivity index (χ2v) is 10.5. The van der Waals surface area contributed by atoms with E-state index < -0.39 is 6.10 Å². The van der Waals surface area contributed by atoms with Crippen LogP contribution in [-0.4, -0.2) is 26.3 Å². The summed E-state index contributed by atoms with van der Waals surface area (Å²) in [5.74, 6) is 0.267. The Morgan fingerprint density at radius 3 is 2.59 bits per heavy atom. The van der Waals surface area contributed by atoms with Gasteiger partial charge in [0.25, 0.3) is 0 Å².